The molecule has 0 saturated carbocycles. The second kappa shape index (κ2) is 6.44. The van der Waals surface area contributed by atoms with Crippen LogP contribution >= 0.6 is 11.3 Å². The molecule has 114 valence electrons. The fraction of sp³-hybridized carbons (Fsp3) is 0.357. The zero-order valence-corrected chi connectivity index (χ0v) is 12.4. The molecule has 3 nitrogen and oxygen atoms in total. The molecule has 0 amide bonds. The van der Waals surface area contributed by atoms with Crippen LogP contribution in [0.4, 0.5) is 13.2 Å². The molecule has 0 aliphatic carbocycles. The Morgan fingerprint density at radius 3 is 2.62 bits per heavy atom. The normalized spacial score (nSPS) is 11.7. The number of methoxy groups -OCH3 is 1. The van der Waals surface area contributed by atoms with Crippen LogP contribution in [0.1, 0.15) is 17.5 Å². The van der Waals surface area contributed by atoms with Gasteiger partial charge in [-0.1, -0.05) is 19.1 Å². The molecule has 21 heavy (non-hydrogen) atoms. The Hall–Kier alpha value is -1.60. The minimum Gasteiger partial charge on any atom is -0.496 e. The molecule has 0 fully saturated rings. The summed E-state index contributed by atoms with van der Waals surface area (Å²) in [5, 5.41) is 3.22. The average Bonchev–Trinajstić information content (AvgIpc) is 2.89. The number of rotatable bonds is 5. The van der Waals surface area contributed by atoms with Crippen molar-refractivity contribution >= 4 is 11.3 Å². The van der Waals surface area contributed by atoms with Crippen molar-refractivity contribution < 1.29 is 17.9 Å². The monoisotopic (exact) mass is 316 g/mol. The van der Waals surface area contributed by atoms with E-state index in [4.69, 9.17) is 4.74 Å². The number of alkyl halides is 3. The van der Waals surface area contributed by atoms with Crippen molar-refractivity contribution in [3.05, 3.63) is 34.8 Å². The van der Waals surface area contributed by atoms with Crippen LogP contribution in [0.5, 0.6) is 5.75 Å². The van der Waals surface area contributed by atoms with Crippen LogP contribution in [0, 0.1) is 0 Å². The third-order valence-corrected chi connectivity index (χ3v) is 3.93. The SMILES string of the molecule is CCNCc1sc(-c2ccccc2OC)nc1C(F)(F)F. The largest absolute Gasteiger partial charge is 0.496 e. The smallest absolute Gasteiger partial charge is 0.434 e. The van der Waals surface area contributed by atoms with E-state index in [9.17, 15) is 13.2 Å². The summed E-state index contributed by atoms with van der Waals surface area (Å²) in [6, 6.07) is 6.92. The Bertz CT molecular complexity index is 611. The van der Waals surface area contributed by atoms with Crippen LogP contribution in [0.25, 0.3) is 10.6 Å². The summed E-state index contributed by atoms with van der Waals surface area (Å²) in [5.74, 6) is 0.509. The van der Waals surface area contributed by atoms with Gasteiger partial charge in [0, 0.05) is 6.54 Å². The molecule has 1 aromatic carbocycles. The predicted octanol–water partition coefficient (Wildman–Crippen LogP) is 3.95. The van der Waals surface area contributed by atoms with Gasteiger partial charge in [-0.3, -0.25) is 0 Å². The number of hydrogen-bond donors (Lipinski definition) is 1. The second-order valence-electron chi connectivity index (χ2n) is 4.27. The first kappa shape index (κ1) is 15.8. The average molecular weight is 316 g/mol. The van der Waals surface area contributed by atoms with Gasteiger partial charge < -0.3 is 10.1 Å². The van der Waals surface area contributed by atoms with Crippen LogP contribution in [0.2, 0.25) is 0 Å². The zero-order chi connectivity index (χ0) is 15.5. The molecule has 0 bridgehead atoms. The Morgan fingerprint density at radius 2 is 2.00 bits per heavy atom. The highest BCUT2D eigenvalue weighted by Crippen LogP contribution is 2.40. The molecule has 2 aromatic rings. The van der Waals surface area contributed by atoms with E-state index in [1.807, 2.05) is 6.92 Å². The van der Waals surface area contributed by atoms with Crippen molar-refractivity contribution in [1.82, 2.24) is 10.3 Å². The third kappa shape index (κ3) is 3.54. The van der Waals surface area contributed by atoms with Gasteiger partial charge in [-0.15, -0.1) is 11.3 Å². The number of benzene rings is 1. The number of hydrogen-bond acceptors (Lipinski definition) is 4. The second-order valence-corrected chi connectivity index (χ2v) is 5.35. The van der Waals surface area contributed by atoms with Crippen molar-refractivity contribution in [1.29, 1.82) is 0 Å². The molecule has 1 aromatic heterocycles. The molecule has 2 rings (SSSR count). The van der Waals surface area contributed by atoms with Gasteiger partial charge >= 0.3 is 6.18 Å². The Morgan fingerprint density at radius 1 is 1.29 bits per heavy atom. The molecule has 0 radical (unpaired) electrons. The standard InChI is InChI=1S/C14H15F3N2OS/c1-3-18-8-11-12(14(15,16)17)19-13(21-11)9-6-4-5-7-10(9)20-2/h4-7,18H,3,8H2,1-2H3. The fourth-order valence-electron chi connectivity index (χ4n) is 1.87. The van der Waals surface area contributed by atoms with Gasteiger partial charge in [0.25, 0.3) is 0 Å². The maximum Gasteiger partial charge on any atom is 0.434 e. The number of thiazole rings is 1. The van der Waals surface area contributed by atoms with E-state index in [1.54, 1.807) is 24.3 Å². The van der Waals surface area contributed by atoms with Crippen molar-refractivity contribution in [2.24, 2.45) is 0 Å². The molecule has 0 aliphatic rings. The minimum atomic E-state index is -4.46. The lowest BCUT2D eigenvalue weighted by molar-refractivity contribution is -0.141. The Labute approximate surface area is 124 Å². The van der Waals surface area contributed by atoms with E-state index in [0.717, 1.165) is 11.3 Å². The first-order valence-corrected chi connectivity index (χ1v) is 7.20. The van der Waals surface area contributed by atoms with Crippen molar-refractivity contribution in [2.75, 3.05) is 13.7 Å². The van der Waals surface area contributed by atoms with Crippen LogP contribution in [0.3, 0.4) is 0 Å². The topological polar surface area (TPSA) is 34.1 Å². The van der Waals surface area contributed by atoms with Gasteiger partial charge in [0.1, 0.15) is 10.8 Å². The fourth-order valence-corrected chi connectivity index (χ4v) is 2.95. The summed E-state index contributed by atoms with van der Waals surface area (Å²) >= 11 is 1.04. The van der Waals surface area contributed by atoms with Crippen LogP contribution in [-0.2, 0) is 12.7 Å². The highest BCUT2D eigenvalue weighted by molar-refractivity contribution is 7.15. The van der Waals surface area contributed by atoms with Crippen LogP contribution in [0.15, 0.2) is 24.3 Å². The maximum absolute atomic E-state index is 13.1. The highest BCUT2D eigenvalue weighted by Gasteiger charge is 2.37. The van der Waals surface area contributed by atoms with E-state index < -0.39 is 11.9 Å². The maximum atomic E-state index is 13.1. The molecule has 0 saturated heterocycles. The molecule has 0 unspecified atom stereocenters. The molecule has 1 heterocycles. The summed E-state index contributed by atoms with van der Waals surface area (Å²) in [5.41, 5.74) is -0.257. The summed E-state index contributed by atoms with van der Waals surface area (Å²) in [4.78, 5) is 3.97. The first-order chi connectivity index (χ1) is 9.97. The number of ether oxygens (including phenoxy) is 1. The number of nitrogens with zero attached hydrogens (tertiary/aromatic N) is 1. The molecule has 1 N–H and O–H groups in total. The lowest BCUT2D eigenvalue weighted by Crippen LogP contribution is -2.15. The number of aromatic nitrogens is 1. The number of para-hydroxylation sites is 1. The molecule has 0 aliphatic heterocycles. The van der Waals surface area contributed by atoms with Crippen molar-refractivity contribution in [3.8, 4) is 16.3 Å². The van der Waals surface area contributed by atoms with Crippen molar-refractivity contribution in [2.45, 2.75) is 19.6 Å². The summed E-state index contributed by atoms with van der Waals surface area (Å²) in [6.07, 6.45) is -4.46. The predicted molar refractivity (Wildman–Crippen MR) is 76.5 cm³/mol. The van der Waals surface area contributed by atoms with E-state index >= 15 is 0 Å². The van der Waals surface area contributed by atoms with E-state index in [2.05, 4.69) is 10.3 Å². The summed E-state index contributed by atoms with van der Waals surface area (Å²) in [7, 11) is 1.48. The zero-order valence-electron chi connectivity index (χ0n) is 11.6. The van der Waals surface area contributed by atoms with Gasteiger partial charge in [0.05, 0.1) is 17.6 Å². The van der Waals surface area contributed by atoms with Crippen LogP contribution < -0.4 is 10.1 Å². The molecule has 0 atom stereocenters. The van der Waals surface area contributed by atoms with Gasteiger partial charge in [-0.05, 0) is 18.7 Å². The molecular formula is C14H15F3N2OS. The van der Waals surface area contributed by atoms with E-state index in [0.29, 0.717) is 22.9 Å². The van der Waals surface area contributed by atoms with Gasteiger partial charge in [-0.2, -0.15) is 13.2 Å². The lowest BCUT2D eigenvalue weighted by atomic mass is 10.2. The van der Waals surface area contributed by atoms with Gasteiger partial charge in [0.2, 0.25) is 0 Å². The van der Waals surface area contributed by atoms with Gasteiger partial charge in [-0.25, -0.2) is 4.98 Å². The molecular weight excluding hydrogens is 301 g/mol. The first-order valence-electron chi connectivity index (χ1n) is 6.38. The quantitative estimate of drug-likeness (QED) is 0.907. The van der Waals surface area contributed by atoms with E-state index in [-0.39, 0.29) is 11.4 Å². The molecule has 7 heteroatoms. The third-order valence-electron chi connectivity index (χ3n) is 2.84. The summed E-state index contributed by atoms with van der Waals surface area (Å²) < 4.78 is 44.4. The van der Waals surface area contributed by atoms with Gasteiger partial charge in [0.15, 0.2) is 5.69 Å². The Balaban J connectivity index is 2.48. The number of nitrogens with one attached hydrogen (secondary N) is 1. The van der Waals surface area contributed by atoms with Crippen molar-refractivity contribution in [3.63, 3.8) is 0 Å². The highest BCUT2D eigenvalue weighted by atomic mass is 32.1. The Kier molecular flexibility index (Phi) is 4.84. The minimum absolute atomic E-state index is 0.151. The van der Waals surface area contributed by atoms with Crippen LogP contribution in [-0.4, -0.2) is 18.6 Å². The summed E-state index contributed by atoms with van der Waals surface area (Å²) in [6.45, 7) is 2.59. The number of halogens is 3. The molecule has 0 spiro atoms. The lowest BCUT2D eigenvalue weighted by Gasteiger charge is -2.06. The van der Waals surface area contributed by atoms with E-state index in [1.165, 1.54) is 7.11 Å².